The Bertz CT molecular complexity index is 617. The molecule has 1 spiro atoms. The highest BCUT2D eigenvalue weighted by atomic mass is 16.5. The molecular formula is C22H33N3O2. The largest absolute Gasteiger partial charge is 0.379 e. The summed E-state index contributed by atoms with van der Waals surface area (Å²) in [4.78, 5) is 20.6. The van der Waals surface area contributed by atoms with Gasteiger partial charge in [0.2, 0.25) is 5.91 Å². The first-order valence-electron chi connectivity index (χ1n) is 10.7. The van der Waals surface area contributed by atoms with Crippen LogP contribution in [0.5, 0.6) is 0 Å². The molecule has 1 atom stereocenters. The van der Waals surface area contributed by atoms with Gasteiger partial charge >= 0.3 is 0 Å². The summed E-state index contributed by atoms with van der Waals surface area (Å²) in [6.07, 6.45) is 5.32. The highest BCUT2D eigenvalue weighted by Crippen LogP contribution is 2.38. The second-order valence-corrected chi connectivity index (χ2v) is 8.21. The minimum absolute atomic E-state index is 0.221. The fourth-order valence-electron chi connectivity index (χ4n) is 5.06. The predicted octanol–water partition coefficient (Wildman–Crippen LogP) is 2.02. The molecule has 1 unspecified atom stereocenters. The Kier molecular flexibility index (Phi) is 6.11. The molecule has 4 rings (SSSR count). The molecular weight excluding hydrogens is 338 g/mol. The van der Waals surface area contributed by atoms with Crippen LogP contribution in [0.4, 0.5) is 0 Å². The quantitative estimate of drug-likeness (QED) is 0.767. The van der Waals surface area contributed by atoms with Crippen LogP contribution >= 0.6 is 0 Å². The van der Waals surface area contributed by atoms with E-state index in [1.165, 1.54) is 5.56 Å². The van der Waals surface area contributed by atoms with Crippen LogP contribution in [0.2, 0.25) is 0 Å². The first-order chi connectivity index (χ1) is 13.3. The van der Waals surface area contributed by atoms with Crippen molar-refractivity contribution in [2.24, 2.45) is 0 Å². The average molecular weight is 372 g/mol. The van der Waals surface area contributed by atoms with Crippen LogP contribution in [0.25, 0.3) is 0 Å². The van der Waals surface area contributed by atoms with Crippen molar-refractivity contribution in [2.45, 2.75) is 37.6 Å². The van der Waals surface area contributed by atoms with Crippen molar-refractivity contribution in [1.29, 1.82) is 0 Å². The highest BCUT2D eigenvalue weighted by Gasteiger charge is 2.50. The molecule has 3 aliphatic rings. The van der Waals surface area contributed by atoms with Gasteiger partial charge in [0.15, 0.2) is 0 Å². The lowest BCUT2D eigenvalue weighted by Gasteiger charge is -2.45. The first-order valence-corrected chi connectivity index (χ1v) is 10.7. The number of hydrogen-bond donors (Lipinski definition) is 0. The maximum atomic E-state index is 13.5. The molecule has 148 valence electrons. The van der Waals surface area contributed by atoms with Gasteiger partial charge in [0, 0.05) is 39.3 Å². The van der Waals surface area contributed by atoms with Gasteiger partial charge in [-0.05, 0) is 44.2 Å². The first kappa shape index (κ1) is 18.9. The molecule has 0 aliphatic carbocycles. The molecule has 5 nitrogen and oxygen atoms in total. The average Bonchev–Trinajstić information content (AvgIpc) is 3.12. The summed E-state index contributed by atoms with van der Waals surface area (Å²) in [5, 5.41) is 0. The van der Waals surface area contributed by atoms with Gasteiger partial charge < -0.3 is 9.64 Å². The summed E-state index contributed by atoms with van der Waals surface area (Å²) < 4.78 is 5.46. The molecule has 0 saturated carbocycles. The Morgan fingerprint density at radius 1 is 0.889 bits per heavy atom. The van der Waals surface area contributed by atoms with Crippen molar-refractivity contribution in [3.63, 3.8) is 0 Å². The number of benzene rings is 1. The fraction of sp³-hybridized carbons (Fsp3) is 0.682. The number of rotatable bonds is 6. The molecule has 27 heavy (non-hydrogen) atoms. The third kappa shape index (κ3) is 4.20. The molecule has 3 fully saturated rings. The normalized spacial score (nSPS) is 27.6. The van der Waals surface area contributed by atoms with E-state index in [0.29, 0.717) is 5.91 Å². The summed E-state index contributed by atoms with van der Waals surface area (Å²) in [6.45, 7) is 8.65. The minimum atomic E-state index is -0.221. The maximum absolute atomic E-state index is 13.5. The number of amides is 1. The van der Waals surface area contributed by atoms with Crippen molar-refractivity contribution >= 4 is 5.91 Å². The van der Waals surface area contributed by atoms with Gasteiger partial charge in [0.25, 0.3) is 0 Å². The molecule has 1 aromatic rings. The lowest BCUT2D eigenvalue weighted by Crippen LogP contribution is -2.61. The van der Waals surface area contributed by atoms with E-state index in [4.69, 9.17) is 4.74 Å². The van der Waals surface area contributed by atoms with Crippen molar-refractivity contribution in [3.8, 4) is 0 Å². The SMILES string of the molecule is O=C1N(CCc2ccccc2)CCCC12CCCN2CCN1CCOCC1. The lowest BCUT2D eigenvalue weighted by atomic mass is 9.85. The Labute approximate surface area is 163 Å². The van der Waals surface area contributed by atoms with Crippen molar-refractivity contribution in [3.05, 3.63) is 35.9 Å². The van der Waals surface area contributed by atoms with E-state index >= 15 is 0 Å². The van der Waals surface area contributed by atoms with E-state index in [1.807, 2.05) is 0 Å². The smallest absolute Gasteiger partial charge is 0.243 e. The van der Waals surface area contributed by atoms with Crippen LogP contribution < -0.4 is 0 Å². The second-order valence-electron chi connectivity index (χ2n) is 8.21. The summed E-state index contributed by atoms with van der Waals surface area (Å²) >= 11 is 0. The lowest BCUT2D eigenvalue weighted by molar-refractivity contribution is -0.147. The monoisotopic (exact) mass is 371 g/mol. The zero-order valence-corrected chi connectivity index (χ0v) is 16.4. The highest BCUT2D eigenvalue weighted by molar-refractivity contribution is 5.87. The molecule has 3 aliphatic heterocycles. The fourth-order valence-corrected chi connectivity index (χ4v) is 5.06. The number of hydrogen-bond acceptors (Lipinski definition) is 4. The van der Waals surface area contributed by atoms with Gasteiger partial charge in [-0.25, -0.2) is 0 Å². The predicted molar refractivity (Wildman–Crippen MR) is 107 cm³/mol. The molecule has 1 amide bonds. The molecule has 0 bridgehead atoms. The summed E-state index contributed by atoms with van der Waals surface area (Å²) in [6, 6.07) is 10.5. The molecule has 3 saturated heterocycles. The molecule has 5 heteroatoms. The zero-order valence-electron chi connectivity index (χ0n) is 16.4. The van der Waals surface area contributed by atoms with Gasteiger partial charge in [0.05, 0.1) is 13.2 Å². The van der Waals surface area contributed by atoms with E-state index in [0.717, 1.165) is 91.1 Å². The molecule has 0 N–H and O–H groups in total. The van der Waals surface area contributed by atoms with Crippen LogP contribution in [0, 0.1) is 0 Å². The van der Waals surface area contributed by atoms with E-state index < -0.39 is 0 Å². The maximum Gasteiger partial charge on any atom is 0.243 e. The van der Waals surface area contributed by atoms with E-state index in [1.54, 1.807) is 0 Å². The molecule has 0 radical (unpaired) electrons. The van der Waals surface area contributed by atoms with Gasteiger partial charge in [-0.1, -0.05) is 30.3 Å². The zero-order chi connectivity index (χ0) is 18.5. The standard InChI is InChI=1S/C22H33N3O2/c26-21-22(9-4-11-24(21)13-8-20-6-2-1-3-7-20)10-5-12-25(22)15-14-23-16-18-27-19-17-23/h1-3,6-7H,4-5,8-19H2. The summed E-state index contributed by atoms with van der Waals surface area (Å²) in [7, 11) is 0. The van der Waals surface area contributed by atoms with Gasteiger partial charge in [-0.15, -0.1) is 0 Å². The summed E-state index contributed by atoms with van der Waals surface area (Å²) in [5.41, 5.74) is 1.10. The Morgan fingerprint density at radius 2 is 1.63 bits per heavy atom. The Morgan fingerprint density at radius 3 is 2.41 bits per heavy atom. The van der Waals surface area contributed by atoms with Crippen molar-refractivity contribution in [2.75, 3.05) is 59.0 Å². The van der Waals surface area contributed by atoms with Gasteiger partial charge in [-0.3, -0.25) is 14.6 Å². The van der Waals surface area contributed by atoms with Crippen LogP contribution in [0.1, 0.15) is 31.2 Å². The molecule has 3 heterocycles. The number of likely N-dealkylation sites (tertiary alicyclic amines) is 2. The van der Waals surface area contributed by atoms with Crippen LogP contribution in [-0.2, 0) is 16.0 Å². The molecule has 1 aromatic carbocycles. The van der Waals surface area contributed by atoms with E-state index in [-0.39, 0.29) is 5.54 Å². The van der Waals surface area contributed by atoms with Gasteiger partial charge in [-0.2, -0.15) is 0 Å². The number of ether oxygens (including phenoxy) is 1. The number of nitrogens with zero attached hydrogens (tertiary/aromatic N) is 3. The van der Waals surface area contributed by atoms with Crippen LogP contribution in [0.15, 0.2) is 30.3 Å². The van der Waals surface area contributed by atoms with E-state index in [9.17, 15) is 4.79 Å². The number of carbonyl (C=O) groups is 1. The Hall–Kier alpha value is -1.43. The van der Waals surface area contributed by atoms with Crippen molar-refractivity contribution < 1.29 is 9.53 Å². The number of morpholine rings is 1. The Balaban J connectivity index is 1.37. The van der Waals surface area contributed by atoms with Crippen molar-refractivity contribution in [1.82, 2.24) is 14.7 Å². The van der Waals surface area contributed by atoms with E-state index in [2.05, 4.69) is 45.0 Å². The second kappa shape index (κ2) is 8.72. The van der Waals surface area contributed by atoms with Crippen LogP contribution in [-0.4, -0.2) is 85.2 Å². The topological polar surface area (TPSA) is 36.0 Å². The third-order valence-electron chi connectivity index (χ3n) is 6.63. The van der Waals surface area contributed by atoms with Crippen LogP contribution in [0.3, 0.4) is 0 Å². The molecule has 0 aromatic heterocycles. The number of piperidine rings is 1. The summed E-state index contributed by atoms with van der Waals surface area (Å²) in [5.74, 6) is 0.393. The van der Waals surface area contributed by atoms with Gasteiger partial charge in [0.1, 0.15) is 5.54 Å². The third-order valence-corrected chi connectivity index (χ3v) is 6.63. The minimum Gasteiger partial charge on any atom is -0.379 e. The number of carbonyl (C=O) groups excluding carboxylic acids is 1.